The molecule has 3 heterocycles. The Morgan fingerprint density at radius 3 is 2.46 bits per heavy atom. The molecule has 8 heteroatoms. The van der Waals surface area contributed by atoms with E-state index >= 15 is 0 Å². The van der Waals surface area contributed by atoms with E-state index in [1.165, 1.54) is 35.6 Å². The molecule has 1 atom stereocenters. The minimum Gasteiger partial charge on any atom is -0.338 e. The number of rotatable bonds is 4. The average Bonchev–Trinajstić information content (AvgIpc) is 3.32. The maximum Gasteiger partial charge on any atom is 0.263 e. The molecule has 3 amide bonds. The zero-order valence-electron chi connectivity index (χ0n) is 15.1. The van der Waals surface area contributed by atoms with Gasteiger partial charge < -0.3 is 10.2 Å². The number of piperidine rings is 1. The van der Waals surface area contributed by atoms with E-state index in [1.807, 2.05) is 22.4 Å². The van der Waals surface area contributed by atoms with Gasteiger partial charge in [-0.25, -0.2) is 9.29 Å². The van der Waals surface area contributed by atoms with Crippen LogP contribution in [-0.2, 0) is 9.59 Å². The molecule has 0 aliphatic carbocycles. The molecule has 2 fully saturated rings. The smallest absolute Gasteiger partial charge is 0.263 e. The van der Waals surface area contributed by atoms with Gasteiger partial charge in [0, 0.05) is 19.1 Å². The molecule has 1 N–H and O–H groups in total. The molecule has 1 aromatic carbocycles. The van der Waals surface area contributed by atoms with Crippen molar-refractivity contribution in [2.45, 2.75) is 31.3 Å². The minimum atomic E-state index is -0.581. The standard InChI is InChI=1S/C20H20FN3O3S/c21-13-3-5-15(6-4-13)24-18(25)12-16(19(24)26)22-14-7-9-23(10-8-14)20(27)17-2-1-11-28-17/h1-6,11,14,16,22H,7-10,12H2/t16-/m1/s1. The van der Waals surface area contributed by atoms with Gasteiger partial charge in [-0.2, -0.15) is 0 Å². The summed E-state index contributed by atoms with van der Waals surface area (Å²) in [6, 6.07) is 8.51. The minimum absolute atomic E-state index is 0.0445. The topological polar surface area (TPSA) is 69.7 Å². The number of nitrogens with one attached hydrogen (secondary N) is 1. The van der Waals surface area contributed by atoms with Crippen molar-refractivity contribution in [3.05, 3.63) is 52.5 Å². The second kappa shape index (κ2) is 7.81. The van der Waals surface area contributed by atoms with Crippen LogP contribution >= 0.6 is 11.3 Å². The number of hydrogen-bond donors (Lipinski definition) is 1. The molecule has 0 radical (unpaired) electrons. The highest BCUT2D eigenvalue weighted by Gasteiger charge is 2.40. The normalized spacial score (nSPS) is 20.8. The van der Waals surface area contributed by atoms with Crippen LogP contribution in [-0.4, -0.2) is 47.8 Å². The van der Waals surface area contributed by atoms with Gasteiger partial charge in [0.25, 0.3) is 11.8 Å². The first kappa shape index (κ1) is 18.8. The van der Waals surface area contributed by atoms with Crippen LogP contribution in [0.1, 0.15) is 28.9 Å². The SMILES string of the molecule is O=C(c1cccs1)N1CCC(N[C@@H]2CC(=O)N(c3ccc(F)cc3)C2=O)CC1. The lowest BCUT2D eigenvalue weighted by Gasteiger charge is -2.33. The summed E-state index contributed by atoms with van der Waals surface area (Å²) in [4.78, 5) is 41.1. The molecule has 2 aliphatic rings. The van der Waals surface area contributed by atoms with Crippen molar-refractivity contribution in [2.24, 2.45) is 0 Å². The highest BCUT2D eigenvalue weighted by atomic mass is 32.1. The van der Waals surface area contributed by atoms with Crippen LogP contribution in [0.25, 0.3) is 0 Å². The maximum atomic E-state index is 13.1. The quantitative estimate of drug-likeness (QED) is 0.799. The Labute approximate surface area is 165 Å². The van der Waals surface area contributed by atoms with Crippen LogP contribution in [0.3, 0.4) is 0 Å². The highest BCUT2D eigenvalue weighted by Crippen LogP contribution is 2.24. The average molecular weight is 401 g/mol. The summed E-state index contributed by atoms with van der Waals surface area (Å²) in [5.74, 6) is -0.974. The monoisotopic (exact) mass is 401 g/mol. The van der Waals surface area contributed by atoms with Gasteiger partial charge >= 0.3 is 0 Å². The van der Waals surface area contributed by atoms with Gasteiger partial charge in [-0.1, -0.05) is 6.07 Å². The third kappa shape index (κ3) is 3.70. The third-order valence-electron chi connectivity index (χ3n) is 5.18. The number of halogens is 1. The van der Waals surface area contributed by atoms with Crippen molar-refractivity contribution in [3.63, 3.8) is 0 Å². The van der Waals surface area contributed by atoms with E-state index < -0.39 is 11.9 Å². The summed E-state index contributed by atoms with van der Waals surface area (Å²) < 4.78 is 13.1. The zero-order chi connectivity index (χ0) is 19.7. The number of hydrogen-bond acceptors (Lipinski definition) is 5. The zero-order valence-corrected chi connectivity index (χ0v) is 16.0. The summed E-state index contributed by atoms with van der Waals surface area (Å²) in [6.07, 6.45) is 1.54. The van der Waals surface area contributed by atoms with Crippen LogP contribution in [0.2, 0.25) is 0 Å². The van der Waals surface area contributed by atoms with Gasteiger partial charge in [0.1, 0.15) is 5.82 Å². The second-order valence-corrected chi connectivity index (χ2v) is 7.96. The summed E-state index contributed by atoms with van der Waals surface area (Å²) in [5.41, 5.74) is 0.386. The Bertz CT molecular complexity index is 877. The lowest BCUT2D eigenvalue weighted by molar-refractivity contribution is -0.121. The van der Waals surface area contributed by atoms with E-state index in [0.717, 1.165) is 22.6 Å². The molecule has 28 heavy (non-hydrogen) atoms. The number of likely N-dealkylation sites (tertiary alicyclic amines) is 1. The van der Waals surface area contributed by atoms with E-state index in [1.54, 1.807) is 0 Å². The fraction of sp³-hybridized carbons (Fsp3) is 0.350. The van der Waals surface area contributed by atoms with E-state index in [4.69, 9.17) is 0 Å². The molecule has 0 saturated carbocycles. The predicted molar refractivity (Wildman–Crippen MR) is 104 cm³/mol. The number of amides is 3. The summed E-state index contributed by atoms with van der Waals surface area (Å²) in [6.45, 7) is 1.23. The molecule has 6 nitrogen and oxygen atoms in total. The van der Waals surface area contributed by atoms with Crippen molar-refractivity contribution >= 4 is 34.7 Å². The Hall–Kier alpha value is -2.58. The van der Waals surface area contributed by atoms with E-state index in [0.29, 0.717) is 18.8 Å². The molecule has 2 aromatic rings. The summed E-state index contributed by atoms with van der Waals surface area (Å²) >= 11 is 1.43. The molecule has 4 rings (SSSR count). The Balaban J connectivity index is 1.34. The number of nitrogens with zero attached hydrogens (tertiary/aromatic N) is 2. The van der Waals surface area contributed by atoms with Gasteiger partial charge in [0.2, 0.25) is 5.91 Å². The maximum absolute atomic E-state index is 13.1. The number of anilines is 1. The van der Waals surface area contributed by atoms with Crippen molar-refractivity contribution in [3.8, 4) is 0 Å². The first-order chi connectivity index (χ1) is 13.5. The fourth-order valence-electron chi connectivity index (χ4n) is 3.71. The van der Waals surface area contributed by atoms with Crippen LogP contribution < -0.4 is 10.2 Å². The van der Waals surface area contributed by atoms with Crippen molar-refractivity contribution in [1.29, 1.82) is 0 Å². The number of thiophene rings is 1. The molecule has 2 aliphatic heterocycles. The Kier molecular flexibility index (Phi) is 5.23. The van der Waals surface area contributed by atoms with Gasteiger partial charge in [-0.15, -0.1) is 11.3 Å². The lowest BCUT2D eigenvalue weighted by Crippen LogP contribution is -2.49. The van der Waals surface area contributed by atoms with Crippen LogP contribution in [0.4, 0.5) is 10.1 Å². The number of imide groups is 1. The highest BCUT2D eigenvalue weighted by molar-refractivity contribution is 7.12. The summed E-state index contributed by atoms with van der Waals surface area (Å²) in [5, 5.41) is 5.17. The van der Waals surface area contributed by atoms with Crippen molar-refractivity contribution < 1.29 is 18.8 Å². The van der Waals surface area contributed by atoms with Crippen LogP contribution in [0.15, 0.2) is 41.8 Å². The van der Waals surface area contributed by atoms with E-state index in [2.05, 4.69) is 5.32 Å². The molecule has 0 unspecified atom stereocenters. The fourth-order valence-corrected chi connectivity index (χ4v) is 4.40. The molecule has 0 bridgehead atoms. The van der Waals surface area contributed by atoms with Crippen LogP contribution in [0, 0.1) is 5.82 Å². The van der Waals surface area contributed by atoms with E-state index in [9.17, 15) is 18.8 Å². The van der Waals surface area contributed by atoms with Gasteiger partial charge in [0.15, 0.2) is 0 Å². The van der Waals surface area contributed by atoms with Gasteiger partial charge in [-0.3, -0.25) is 14.4 Å². The third-order valence-corrected chi connectivity index (χ3v) is 6.04. The lowest BCUT2D eigenvalue weighted by atomic mass is 10.0. The van der Waals surface area contributed by atoms with Crippen LogP contribution in [0.5, 0.6) is 0 Å². The number of carbonyl (C=O) groups excluding carboxylic acids is 3. The Morgan fingerprint density at radius 1 is 1.11 bits per heavy atom. The number of benzene rings is 1. The Morgan fingerprint density at radius 2 is 1.82 bits per heavy atom. The first-order valence-electron chi connectivity index (χ1n) is 9.24. The molecular weight excluding hydrogens is 381 g/mol. The predicted octanol–water partition coefficient (Wildman–Crippen LogP) is 2.41. The summed E-state index contributed by atoms with van der Waals surface area (Å²) in [7, 11) is 0. The second-order valence-electron chi connectivity index (χ2n) is 7.01. The molecule has 1 aromatic heterocycles. The van der Waals surface area contributed by atoms with E-state index in [-0.39, 0.29) is 30.2 Å². The van der Waals surface area contributed by atoms with Gasteiger partial charge in [-0.05, 0) is 48.6 Å². The molecule has 0 spiro atoms. The first-order valence-corrected chi connectivity index (χ1v) is 10.1. The molecule has 2 saturated heterocycles. The molecule has 146 valence electrons. The molecular formula is C20H20FN3O3S. The largest absolute Gasteiger partial charge is 0.338 e. The van der Waals surface area contributed by atoms with Gasteiger partial charge in [0.05, 0.1) is 23.0 Å². The van der Waals surface area contributed by atoms with Crippen molar-refractivity contribution in [1.82, 2.24) is 10.2 Å². The van der Waals surface area contributed by atoms with Crippen molar-refractivity contribution in [2.75, 3.05) is 18.0 Å². The number of carbonyl (C=O) groups is 3.